The smallest absolute Gasteiger partial charge is 0.251 e. The maximum absolute atomic E-state index is 11.6. The van der Waals surface area contributed by atoms with Crippen LogP contribution in [0.4, 0.5) is 0 Å². The van der Waals surface area contributed by atoms with Crippen LogP contribution in [-0.2, 0) is 6.42 Å². The van der Waals surface area contributed by atoms with Gasteiger partial charge in [-0.1, -0.05) is 6.92 Å². The molecule has 2 N–H and O–H groups in total. The minimum atomic E-state index is -0.0315. The molecule has 0 saturated heterocycles. The first kappa shape index (κ1) is 10.6. The van der Waals surface area contributed by atoms with E-state index in [-0.39, 0.29) is 5.56 Å². The summed E-state index contributed by atoms with van der Waals surface area (Å²) in [4.78, 5) is 18.6. The first-order chi connectivity index (χ1) is 7.61. The summed E-state index contributed by atoms with van der Waals surface area (Å²) in [5.41, 5.74) is 2.39. The molecule has 0 aliphatic carbocycles. The van der Waals surface area contributed by atoms with Crippen molar-refractivity contribution in [1.29, 1.82) is 0 Å². The zero-order valence-corrected chi connectivity index (χ0v) is 9.59. The SMILES string of the molecule is CCc1cc(-c2n[nH]c(C)n2)c(C)[nH]c1=O. The first-order valence-electron chi connectivity index (χ1n) is 5.24. The monoisotopic (exact) mass is 218 g/mol. The van der Waals surface area contributed by atoms with Gasteiger partial charge in [0.1, 0.15) is 5.82 Å². The number of aromatic nitrogens is 4. The van der Waals surface area contributed by atoms with Gasteiger partial charge in [-0.05, 0) is 26.3 Å². The van der Waals surface area contributed by atoms with E-state index in [2.05, 4.69) is 20.2 Å². The van der Waals surface area contributed by atoms with Gasteiger partial charge in [0.2, 0.25) is 0 Å². The highest BCUT2D eigenvalue weighted by atomic mass is 16.1. The molecule has 0 amide bonds. The molecule has 84 valence electrons. The molecule has 16 heavy (non-hydrogen) atoms. The van der Waals surface area contributed by atoms with E-state index in [4.69, 9.17) is 0 Å². The van der Waals surface area contributed by atoms with Crippen LogP contribution in [0.15, 0.2) is 10.9 Å². The Labute approximate surface area is 92.9 Å². The Balaban J connectivity index is 2.61. The van der Waals surface area contributed by atoms with Gasteiger partial charge in [0.25, 0.3) is 5.56 Å². The molecule has 0 fully saturated rings. The van der Waals surface area contributed by atoms with E-state index >= 15 is 0 Å². The second-order valence-electron chi connectivity index (χ2n) is 3.76. The third kappa shape index (κ3) is 1.76. The van der Waals surface area contributed by atoms with Crippen molar-refractivity contribution in [3.05, 3.63) is 33.5 Å². The molecule has 0 atom stereocenters. The van der Waals surface area contributed by atoms with E-state index in [1.807, 2.05) is 26.8 Å². The van der Waals surface area contributed by atoms with Gasteiger partial charge in [0.05, 0.1) is 0 Å². The molecule has 0 aliphatic heterocycles. The van der Waals surface area contributed by atoms with Gasteiger partial charge in [0.15, 0.2) is 5.82 Å². The third-order valence-electron chi connectivity index (χ3n) is 2.53. The molecule has 0 spiro atoms. The lowest BCUT2D eigenvalue weighted by atomic mass is 10.1. The van der Waals surface area contributed by atoms with Gasteiger partial charge in [-0.3, -0.25) is 9.89 Å². The van der Waals surface area contributed by atoms with Gasteiger partial charge < -0.3 is 4.98 Å². The summed E-state index contributed by atoms with van der Waals surface area (Å²) in [6, 6.07) is 1.86. The number of aryl methyl sites for hydroxylation is 3. The second kappa shape index (κ2) is 3.92. The lowest BCUT2D eigenvalue weighted by Gasteiger charge is -2.03. The molecule has 0 aromatic carbocycles. The van der Waals surface area contributed by atoms with Crippen molar-refractivity contribution in [1.82, 2.24) is 20.2 Å². The number of nitrogens with one attached hydrogen (secondary N) is 2. The number of H-pyrrole nitrogens is 2. The number of rotatable bonds is 2. The number of hydrogen-bond donors (Lipinski definition) is 2. The van der Waals surface area contributed by atoms with Crippen LogP contribution in [-0.4, -0.2) is 20.2 Å². The van der Waals surface area contributed by atoms with Crippen LogP contribution < -0.4 is 5.56 Å². The Morgan fingerprint density at radius 3 is 2.69 bits per heavy atom. The fourth-order valence-corrected chi connectivity index (χ4v) is 1.62. The van der Waals surface area contributed by atoms with Crippen LogP contribution in [0.3, 0.4) is 0 Å². The molecule has 0 bridgehead atoms. The molecule has 2 heterocycles. The van der Waals surface area contributed by atoms with Gasteiger partial charge in [0, 0.05) is 16.8 Å². The van der Waals surface area contributed by atoms with Crippen LogP contribution in [0.5, 0.6) is 0 Å². The molecular formula is C11H14N4O. The molecule has 0 radical (unpaired) electrons. The Morgan fingerprint density at radius 1 is 1.38 bits per heavy atom. The van der Waals surface area contributed by atoms with Crippen molar-refractivity contribution < 1.29 is 0 Å². The topological polar surface area (TPSA) is 74.4 Å². The van der Waals surface area contributed by atoms with Crippen molar-refractivity contribution >= 4 is 0 Å². The minimum Gasteiger partial charge on any atom is -0.326 e. The molecule has 5 nitrogen and oxygen atoms in total. The minimum absolute atomic E-state index is 0.0315. The number of aromatic amines is 2. The molecule has 0 saturated carbocycles. The largest absolute Gasteiger partial charge is 0.326 e. The maximum atomic E-state index is 11.6. The van der Waals surface area contributed by atoms with Crippen molar-refractivity contribution in [2.45, 2.75) is 27.2 Å². The van der Waals surface area contributed by atoms with Crippen LogP contribution in [0.25, 0.3) is 11.4 Å². The standard InChI is InChI=1S/C11H14N4O/c1-4-8-5-9(6(2)12-11(8)16)10-13-7(3)14-15-10/h5H,4H2,1-3H3,(H,12,16)(H,13,14,15). The highest BCUT2D eigenvalue weighted by Crippen LogP contribution is 2.17. The maximum Gasteiger partial charge on any atom is 0.251 e. The molecule has 0 unspecified atom stereocenters. The van der Waals surface area contributed by atoms with Crippen molar-refractivity contribution in [3.8, 4) is 11.4 Å². The summed E-state index contributed by atoms with van der Waals surface area (Å²) in [6.07, 6.45) is 0.700. The van der Waals surface area contributed by atoms with Crippen LogP contribution in [0, 0.1) is 13.8 Å². The summed E-state index contributed by atoms with van der Waals surface area (Å²) in [6.45, 7) is 5.65. The number of pyridine rings is 1. The fraction of sp³-hybridized carbons (Fsp3) is 0.364. The van der Waals surface area contributed by atoms with Gasteiger partial charge >= 0.3 is 0 Å². The van der Waals surface area contributed by atoms with E-state index in [0.717, 1.165) is 22.6 Å². The summed E-state index contributed by atoms with van der Waals surface area (Å²) in [7, 11) is 0. The zero-order valence-electron chi connectivity index (χ0n) is 9.59. The van der Waals surface area contributed by atoms with E-state index in [1.54, 1.807) is 0 Å². The second-order valence-corrected chi connectivity index (χ2v) is 3.76. The van der Waals surface area contributed by atoms with Gasteiger partial charge in [-0.15, -0.1) is 0 Å². The quantitative estimate of drug-likeness (QED) is 0.798. The first-order valence-corrected chi connectivity index (χ1v) is 5.24. The Hall–Kier alpha value is -1.91. The predicted molar refractivity (Wildman–Crippen MR) is 61.3 cm³/mol. The summed E-state index contributed by atoms with van der Waals surface area (Å²) in [5, 5.41) is 6.89. The van der Waals surface area contributed by atoms with Crippen molar-refractivity contribution in [2.24, 2.45) is 0 Å². The zero-order chi connectivity index (χ0) is 11.7. The molecule has 2 aromatic rings. The van der Waals surface area contributed by atoms with Gasteiger partial charge in [-0.25, -0.2) is 4.98 Å². The lowest BCUT2D eigenvalue weighted by molar-refractivity contribution is 1.02. The molecule has 0 aliphatic rings. The lowest BCUT2D eigenvalue weighted by Crippen LogP contribution is -2.13. The highest BCUT2D eigenvalue weighted by Gasteiger charge is 2.10. The van der Waals surface area contributed by atoms with E-state index in [0.29, 0.717) is 12.2 Å². The van der Waals surface area contributed by atoms with Crippen molar-refractivity contribution in [2.75, 3.05) is 0 Å². The molecule has 2 aromatic heterocycles. The average Bonchev–Trinajstić information content (AvgIpc) is 2.65. The van der Waals surface area contributed by atoms with Crippen molar-refractivity contribution in [3.63, 3.8) is 0 Å². The summed E-state index contributed by atoms with van der Waals surface area (Å²) >= 11 is 0. The Bertz CT molecular complexity index is 568. The normalized spacial score (nSPS) is 10.7. The fourth-order valence-electron chi connectivity index (χ4n) is 1.62. The summed E-state index contributed by atoms with van der Waals surface area (Å²) in [5.74, 6) is 1.39. The van der Waals surface area contributed by atoms with Gasteiger partial charge in [-0.2, -0.15) is 5.10 Å². The third-order valence-corrected chi connectivity index (χ3v) is 2.53. The van der Waals surface area contributed by atoms with Crippen LogP contribution in [0.1, 0.15) is 24.0 Å². The molecule has 2 rings (SSSR count). The highest BCUT2D eigenvalue weighted by molar-refractivity contribution is 5.58. The van der Waals surface area contributed by atoms with E-state index < -0.39 is 0 Å². The Morgan fingerprint density at radius 2 is 2.12 bits per heavy atom. The van der Waals surface area contributed by atoms with E-state index in [1.165, 1.54) is 0 Å². The van der Waals surface area contributed by atoms with Crippen LogP contribution in [0.2, 0.25) is 0 Å². The Kier molecular flexibility index (Phi) is 2.60. The molecule has 5 heteroatoms. The number of nitrogens with zero attached hydrogens (tertiary/aromatic N) is 2. The summed E-state index contributed by atoms with van der Waals surface area (Å²) < 4.78 is 0. The molecular weight excluding hydrogens is 204 g/mol. The predicted octanol–water partition coefficient (Wildman–Crippen LogP) is 1.34. The van der Waals surface area contributed by atoms with E-state index in [9.17, 15) is 4.79 Å². The number of hydrogen-bond acceptors (Lipinski definition) is 3. The average molecular weight is 218 g/mol. The van der Waals surface area contributed by atoms with Crippen LogP contribution >= 0.6 is 0 Å².